The number of methoxy groups -OCH3 is 1. The summed E-state index contributed by atoms with van der Waals surface area (Å²) in [5.41, 5.74) is -0.283. The molecule has 0 radical (unpaired) electrons. The second-order valence-corrected chi connectivity index (χ2v) is 13.1. The van der Waals surface area contributed by atoms with Crippen molar-refractivity contribution in [1.82, 2.24) is 25.5 Å². The number of rotatable bonds is 10. The maximum absolute atomic E-state index is 13.9. The van der Waals surface area contributed by atoms with E-state index < -0.39 is 33.4 Å². The number of piperidine rings is 1. The number of aromatic nitrogens is 2. The molecule has 1 aliphatic heterocycles. The van der Waals surface area contributed by atoms with Crippen LogP contribution in [0.15, 0.2) is 24.4 Å². The molecule has 42 heavy (non-hydrogen) atoms. The van der Waals surface area contributed by atoms with Gasteiger partial charge in [-0.3, -0.25) is 10.1 Å². The van der Waals surface area contributed by atoms with Crippen LogP contribution in [-0.2, 0) is 16.0 Å². The van der Waals surface area contributed by atoms with E-state index >= 15 is 0 Å². The first-order valence-electron chi connectivity index (χ1n) is 13.9. The standard InChI is InChI=1S/C27H38F3N7O4S/c1-37-12-10-18(11-13-37)33-25(38)17-8-9-22(23(14-17)41-2)35-26-31-15-19(27(28,29)30)24(36-26)34-21-7-5-4-6-20(21)32-16-42(3,39)40/h8-9,14-15,18,20-21,32H,4-7,10-13,16H2,1-3H3,(H,33,38)(H2,31,34,35,36)/t20-,21-/m1/s1. The summed E-state index contributed by atoms with van der Waals surface area (Å²) in [7, 11) is 0.154. The summed E-state index contributed by atoms with van der Waals surface area (Å²) in [5, 5.41) is 11.8. The van der Waals surface area contributed by atoms with Crippen molar-refractivity contribution in [3.63, 3.8) is 0 Å². The van der Waals surface area contributed by atoms with Crippen molar-refractivity contribution in [1.29, 1.82) is 0 Å². The minimum Gasteiger partial charge on any atom is -0.495 e. The first-order valence-corrected chi connectivity index (χ1v) is 15.9. The van der Waals surface area contributed by atoms with Gasteiger partial charge in [0.1, 0.15) is 17.1 Å². The van der Waals surface area contributed by atoms with E-state index in [9.17, 15) is 26.4 Å². The zero-order chi connectivity index (χ0) is 30.5. The zero-order valence-electron chi connectivity index (χ0n) is 23.9. The number of carbonyl (C=O) groups excluding carboxylic acids is 1. The maximum Gasteiger partial charge on any atom is 0.421 e. The number of nitrogens with one attached hydrogen (secondary N) is 4. The predicted molar refractivity (Wildman–Crippen MR) is 154 cm³/mol. The summed E-state index contributed by atoms with van der Waals surface area (Å²) < 4.78 is 70.5. The van der Waals surface area contributed by atoms with Crippen LogP contribution in [0.5, 0.6) is 5.75 Å². The minimum atomic E-state index is -4.72. The van der Waals surface area contributed by atoms with Crippen LogP contribution in [0.4, 0.5) is 30.6 Å². The molecule has 15 heteroatoms. The van der Waals surface area contributed by atoms with E-state index in [2.05, 4.69) is 36.1 Å². The molecule has 2 fully saturated rings. The molecule has 4 N–H and O–H groups in total. The second-order valence-electron chi connectivity index (χ2n) is 11.0. The van der Waals surface area contributed by atoms with Crippen LogP contribution in [0.2, 0.25) is 0 Å². The Labute approximate surface area is 243 Å². The fourth-order valence-corrected chi connectivity index (χ4v) is 5.74. The van der Waals surface area contributed by atoms with Gasteiger partial charge in [-0.15, -0.1) is 0 Å². The Morgan fingerprint density at radius 3 is 2.45 bits per heavy atom. The molecule has 0 spiro atoms. The number of anilines is 3. The van der Waals surface area contributed by atoms with E-state index in [1.807, 2.05) is 7.05 Å². The molecule has 0 unspecified atom stereocenters. The van der Waals surface area contributed by atoms with E-state index in [0.717, 1.165) is 45.0 Å². The van der Waals surface area contributed by atoms with Gasteiger partial charge in [0, 0.05) is 36.1 Å². The first-order chi connectivity index (χ1) is 19.8. The van der Waals surface area contributed by atoms with Gasteiger partial charge in [0.15, 0.2) is 9.84 Å². The molecule has 2 atom stereocenters. The van der Waals surface area contributed by atoms with Crippen LogP contribution in [0.1, 0.15) is 54.4 Å². The predicted octanol–water partition coefficient (Wildman–Crippen LogP) is 3.39. The van der Waals surface area contributed by atoms with Crippen molar-refractivity contribution in [2.45, 2.75) is 62.8 Å². The van der Waals surface area contributed by atoms with E-state index in [4.69, 9.17) is 4.74 Å². The van der Waals surface area contributed by atoms with Gasteiger partial charge in [-0.25, -0.2) is 13.4 Å². The minimum absolute atomic E-state index is 0.0781. The van der Waals surface area contributed by atoms with Crippen molar-refractivity contribution in [3.05, 3.63) is 35.5 Å². The summed E-state index contributed by atoms with van der Waals surface area (Å²) >= 11 is 0. The van der Waals surface area contributed by atoms with Crippen molar-refractivity contribution < 1.29 is 31.1 Å². The molecule has 4 rings (SSSR count). The Morgan fingerprint density at radius 1 is 1.12 bits per heavy atom. The maximum atomic E-state index is 13.9. The highest BCUT2D eigenvalue weighted by molar-refractivity contribution is 7.90. The molecular formula is C27H38F3N7O4S. The fourth-order valence-electron chi connectivity index (χ4n) is 5.22. The third-order valence-electron chi connectivity index (χ3n) is 7.55. The first kappa shape index (κ1) is 31.8. The monoisotopic (exact) mass is 613 g/mol. The lowest BCUT2D eigenvalue weighted by Crippen LogP contribution is -2.48. The second kappa shape index (κ2) is 13.4. The highest BCUT2D eigenvalue weighted by Gasteiger charge is 2.37. The number of amides is 1. The van der Waals surface area contributed by atoms with E-state index in [1.165, 1.54) is 7.11 Å². The molecule has 1 amide bonds. The van der Waals surface area contributed by atoms with Gasteiger partial charge in [0.05, 0.1) is 18.7 Å². The highest BCUT2D eigenvalue weighted by Crippen LogP contribution is 2.36. The Kier molecular flexibility index (Phi) is 10.1. The Hall–Kier alpha value is -3.17. The summed E-state index contributed by atoms with van der Waals surface area (Å²) in [6.07, 6.45) is 1.56. The number of halogens is 3. The Morgan fingerprint density at radius 2 is 1.81 bits per heavy atom. The zero-order valence-corrected chi connectivity index (χ0v) is 24.7. The number of carbonyl (C=O) groups is 1. The van der Waals surface area contributed by atoms with E-state index in [0.29, 0.717) is 36.0 Å². The smallest absolute Gasteiger partial charge is 0.421 e. The van der Waals surface area contributed by atoms with Crippen LogP contribution in [0, 0.1) is 0 Å². The normalized spacial score (nSPS) is 20.6. The largest absolute Gasteiger partial charge is 0.495 e. The number of benzene rings is 1. The molecule has 1 saturated carbocycles. The summed E-state index contributed by atoms with van der Waals surface area (Å²) in [5.74, 6) is -0.737. The molecule has 1 saturated heterocycles. The van der Waals surface area contributed by atoms with Gasteiger partial charge in [-0.2, -0.15) is 18.2 Å². The summed E-state index contributed by atoms with van der Waals surface area (Å²) in [4.78, 5) is 23.1. The van der Waals surface area contributed by atoms with Crippen molar-refractivity contribution in [2.75, 3.05) is 50.0 Å². The number of hydrogen-bond acceptors (Lipinski definition) is 10. The van der Waals surface area contributed by atoms with Gasteiger partial charge in [0.2, 0.25) is 5.95 Å². The average molecular weight is 614 g/mol. The van der Waals surface area contributed by atoms with Gasteiger partial charge in [0.25, 0.3) is 5.91 Å². The molecule has 2 heterocycles. The topological polar surface area (TPSA) is 138 Å². The molecular weight excluding hydrogens is 575 g/mol. The molecule has 0 bridgehead atoms. The van der Waals surface area contributed by atoms with Crippen LogP contribution < -0.4 is 26.0 Å². The fraction of sp³-hybridized carbons (Fsp3) is 0.593. The molecule has 2 aromatic rings. The van der Waals surface area contributed by atoms with Crippen LogP contribution >= 0.6 is 0 Å². The van der Waals surface area contributed by atoms with Gasteiger partial charge >= 0.3 is 6.18 Å². The Balaban J connectivity index is 1.52. The number of alkyl halides is 3. The number of hydrogen-bond donors (Lipinski definition) is 4. The number of ether oxygens (including phenoxy) is 1. The molecule has 1 aromatic carbocycles. The van der Waals surface area contributed by atoms with Crippen LogP contribution in [0.25, 0.3) is 0 Å². The summed E-state index contributed by atoms with van der Waals surface area (Å²) in [6, 6.07) is 3.99. The van der Waals surface area contributed by atoms with Gasteiger partial charge in [-0.05, 0) is 64.0 Å². The number of nitrogens with zero attached hydrogens (tertiary/aromatic N) is 3. The van der Waals surface area contributed by atoms with Gasteiger partial charge < -0.3 is 25.6 Å². The number of sulfone groups is 1. The number of likely N-dealkylation sites (tertiary alicyclic amines) is 1. The third kappa shape index (κ3) is 8.67. The lowest BCUT2D eigenvalue weighted by Gasteiger charge is -2.33. The van der Waals surface area contributed by atoms with Crippen LogP contribution in [0.3, 0.4) is 0 Å². The van der Waals surface area contributed by atoms with Crippen molar-refractivity contribution in [2.24, 2.45) is 0 Å². The lowest BCUT2D eigenvalue weighted by molar-refractivity contribution is -0.137. The van der Waals surface area contributed by atoms with Crippen molar-refractivity contribution in [3.8, 4) is 5.75 Å². The lowest BCUT2D eigenvalue weighted by atomic mass is 9.90. The molecule has 11 nitrogen and oxygen atoms in total. The Bertz CT molecular complexity index is 1350. The quantitative estimate of drug-likeness (QED) is 0.316. The van der Waals surface area contributed by atoms with Crippen LogP contribution in [-0.4, -0.2) is 86.7 Å². The van der Waals surface area contributed by atoms with E-state index in [1.54, 1.807) is 18.2 Å². The molecule has 1 aliphatic carbocycles. The highest BCUT2D eigenvalue weighted by atomic mass is 32.2. The molecule has 232 valence electrons. The van der Waals surface area contributed by atoms with Crippen molar-refractivity contribution >= 4 is 33.2 Å². The SMILES string of the molecule is COc1cc(C(=O)NC2CCN(C)CC2)ccc1Nc1ncc(C(F)(F)F)c(N[C@@H]2CCCC[C@H]2NCS(C)(=O)=O)n1. The molecule has 1 aromatic heterocycles. The van der Waals surface area contributed by atoms with Gasteiger partial charge in [-0.1, -0.05) is 12.8 Å². The van der Waals surface area contributed by atoms with E-state index in [-0.39, 0.29) is 29.8 Å². The molecule has 2 aliphatic rings. The summed E-state index contributed by atoms with van der Waals surface area (Å²) in [6.45, 7) is 1.80. The third-order valence-corrected chi connectivity index (χ3v) is 8.24. The average Bonchev–Trinajstić information content (AvgIpc) is 2.93.